The zero-order valence-corrected chi connectivity index (χ0v) is 15.9. The molecule has 2 aromatic carbocycles. The van der Waals surface area contributed by atoms with Crippen molar-refractivity contribution in [2.75, 3.05) is 13.1 Å². The number of rotatable bonds is 8. The van der Waals surface area contributed by atoms with Crippen molar-refractivity contribution in [2.24, 2.45) is 0 Å². The second-order valence-electron chi connectivity index (χ2n) is 5.68. The van der Waals surface area contributed by atoms with E-state index in [9.17, 15) is 23.3 Å². The Morgan fingerprint density at radius 2 is 1.67 bits per heavy atom. The molecule has 0 atom stereocenters. The van der Waals surface area contributed by atoms with E-state index in [2.05, 4.69) is 5.32 Å². The summed E-state index contributed by atoms with van der Waals surface area (Å²) in [6, 6.07) is 11.8. The number of carbonyl (C=O) groups is 1. The molecule has 0 aliphatic heterocycles. The van der Waals surface area contributed by atoms with Crippen molar-refractivity contribution in [1.82, 2.24) is 9.62 Å². The van der Waals surface area contributed by atoms with Gasteiger partial charge < -0.3 is 5.32 Å². The number of hydrogen-bond acceptors (Lipinski definition) is 5. The van der Waals surface area contributed by atoms with E-state index in [4.69, 9.17) is 0 Å². The van der Waals surface area contributed by atoms with Crippen molar-refractivity contribution >= 4 is 21.6 Å². The first-order valence-corrected chi connectivity index (χ1v) is 9.86. The zero-order valence-electron chi connectivity index (χ0n) is 15.1. The van der Waals surface area contributed by atoms with Gasteiger partial charge in [-0.15, -0.1) is 0 Å². The zero-order chi connectivity index (χ0) is 20.0. The molecule has 0 heterocycles. The van der Waals surface area contributed by atoms with Crippen LogP contribution in [0.5, 0.6) is 0 Å². The Morgan fingerprint density at radius 3 is 2.22 bits per heavy atom. The number of para-hydroxylation sites is 1. The molecule has 8 nitrogen and oxygen atoms in total. The Hall–Kier alpha value is -2.78. The summed E-state index contributed by atoms with van der Waals surface area (Å²) >= 11 is 0. The SMILES string of the molecule is CCN(CC)S(=O)(=O)c1ccc(C(=O)NCc2ccccc2[N+](=O)[O-])cc1. The quantitative estimate of drug-likeness (QED) is 0.549. The largest absolute Gasteiger partial charge is 0.348 e. The van der Waals surface area contributed by atoms with Crippen LogP contribution in [0, 0.1) is 10.1 Å². The molecule has 2 rings (SSSR count). The van der Waals surface area contributed by atoms with Crippen LogP contribution in [0.3, 0.4) is 0 Å². The first-order chi connectivity index (χ1) is 12.8. The van der Waals surface area contributed by atoms with Gasteiger partial charge in [0.05, 0.1) is 9.82 Å². The highest BCUT2D eigenvalue weighted by molar-refractivity contribution is 7.89. The molecule has 2 aromatic rings. The van der Waals surface area contributed by atoms with Crippen molar-refractivity contribution in [2.45, 2.75) is 25.3 Å². The summed E-state index contributed by atoms with van der Waals surface area (Å²) in [6.45, 7) is 4.22. The summed E-state index contributed by atoms with van der Waals surface area (Å²) in [6.07, 6.45) is 0. The van der Waals surface area contributed by atoms with Gasteiger partial charge in [0, 0.05) is 36.8 Å². The van der Waals surface area contributed by atoms with Crippen molar-refractivity contribution in [3.05, 3.63) is 69.8 Å². The van der Waals surface area contributed by atoms with Gasteiger partial charge in [-0.2, -0.15) is 4.31 Å². The third-order valence-corrected chi connectivity index (χ3v) is 6.15. The molecule has 0 bridgehead atoms. The molecule has 0 spiro atoms. The van der Waals surface area contributed by atoms with Crippen LogP contribution in [0.2, 0.25) is 0 Å². The maximum atomic E-state index is 12.4. The van der Waals surface area contributed by atoms with Gasteiger partial charge in [0.15, 0.2) is 0 Å². The van der Waals surface area contributed by atoms with E-state index < -0.39 is 20.9 Å². The van der Waals surface area contributed by atoms with Crippen molar-refractivity contribution in [3.8, 4) is 0 Å². The molecule has 0 fully saturated rings. The predicted molar refractivity (Wildman–Crippen MR) is 101 cm³/mol. The summed E-state index contributed by atoms with van der Waals surface area (Å²) in [4.78, 5) is 22.9. The van der Waals surface area contributed by atoms with Crippen LogP contribution in [-0.2, 0) is 16.6 Å². The van der Waals surface area contributed by atoms with Crippen molar-refractivity contribution in [1.29, 1.82) is 0 Å². The average molecular weight is 391 g/mol. The molecular formula is C18H21N3O5S. The lowest BCUT2D eigenvalue weighted by atomic mass is 10.1. The number of nitrogens with one attached hydrogen (secondary N) is 1. The van der Waals surface area contributed by atoms with Gasteiger partial charge in [0.25, 0.3) is 11.6 Å². The van der Waals surface area contributed by atoms with Gasteiger partial charge in [-0.3, -0.25) is 14.9 Å². The Bertz CT molecular complexity index is 922. The van der Waals surface area contributed by atoms with Gasteiger partial charge in [-0.25, -0.2) is 8.42 Å². The fourth-order valence-electron chi connectivity index (χ4n) is 2.61. The van der Waals surface area contributed by atoms with Gasteiger partial charge in [0.2, 0.25) is 10.0 Å². The molecule has 0 unspecified atom stereocenters. The van der Waals surface area contributed by atoms with Crippen LogP contribution in [0.4, 0.5) is 5.69 Å². The van der Waals surface area contributed by atoms with E-state index in [0.29, 0.717) is 18.7 Å². The van der Waals surface area contributed by atoms with E-state index >= 15 is 0 Å². The minimum absolute atomic E-state index is 0.00448. The Balaban J connectivity index is 2.12. The van der Waals surface area contributed by atoms with Crippen LogP contribution in [0.15, 0.2) is 53.4 Å². The minimum Gasteiger partial charge on any atom is -0.348 e. The molecule has 1 amide bonds. The van der Waals surface area contributed by atoms with E-state index in [-0.39, 0.29) is 22.7 Å². The summed E-state index contributed by atoms with van der Waals surface area (Å²) < 4.78 is 26.2. The first-order valence-electron chi connectivity index (χ1n) is 8.42. The number of benzene rings is 2. The van der Waals surface area contributed by atoms with Gasteiger partial charge in [0.1, 0.15) is 0 Å². The lowest BCUT2D eigenvalue weighted by Gasteiger charge is -2.18. The maximum Gasteiger partial charge on any atom is 0.274 e. The van der Waals surface area contributed by atoms with E-state index in [1.54, 1.807) is 32.0 Å². The molecule has 27 heavy (non-hydrogen) atoms. The number of nitro benzene ring substituents is 1. The molecular weight excluding hydrogens is 370 g/mol. The van der Waals surface area contributed by atoms with Crippen molar-refractivity contribution in [3.63, 3.8) is 0 Å². The number of sulfonamides is 1. The first kappa shape index (κ1) is 20.5. The summed E-state index contributed by atoms with van der Waals surface area (Å²) in [7, 11) is -3.59. The highest BCUT2D eigenvalue weighted by Crippen LogP contribution is 2.18. The highest BCUT2D eigenvalue weighted by atomic mass is 32.2. The second kappa shape index (κ2) is 8.74. The number of hydrogen-bond donors (Lipinski definition) is 1. The molecule has 144 valence electrons. The molecule has 9 heteroatoms. The summed E-state index contributed by atoms with van der Waals surface area (Å²) in [5, 5.41) is 13.6. The van der Waals surface area contributed by atoms with Crippen LogP contribution in [-0.4, -0.2) is 36.6 Å². The third kappa shape index (κ3) is 4.69. The van der Waals surface area contributed by atoms with Crippen LogP contribution < -0.4 is 5.32 Å². The van der Waals surface area contributed by atoms with Crippen molar-refractivity contribution < 1.29 is 18.1 Å². The fourth-order valence-corrected chi connectivity index (χ4v) is 4.06. The Morgan fingerprint density at radius 1 is 1.07 bits per heavy atom. The van der Waals surface area contributed by atoms with Gasteiger partial charge >= 0.3 is 0 Å². The molecule has 0 aliphatic carbocycles. The predicted octanol–water partition coefficient (Wildman–Crippen LogP) is 2.56. The number of nitrogens with zero attached hydrogens (tertiary/aromatic N) is 2. The number of carbonyl (C=O) groups excluding carboxylic acids is 1. The van der Waals surface area contributed by atoms with Crippen LogP contribution >= 0.6 is 0 Å². The molecule has 0 aromatic heterocycles. The molecule has 0 saturated heterocycles. The lowest BCUT2D eigenvalue weighted by Crippen LogP contribution is -2.30. The Labute approximate surface area is 158 Å². The maximum absolute atomic E-state index is 12.4. The smallest absolute Gasteiger partial charge is 0.274 e. The van der Waals surface area contributed by atoms with E-state index in [1.165, 1.54) is 34.6 Å². The Kier molecular flexibility index (Phi) is 6.65. The normalized spacial score (nSPS) is 11.4. The summed E-state index contributed by atoms with van der Waals surface area (Å²) in [5.41, 5.74) is 0.585. The third-order valence-electron chi connectivity index (χ3n) is 4.09. The molecule has 0 radical (unpaired) electrons. The lowest BCUT2D eigenvalue weighted by molar-refractivity contribution is -0.385. The molecule has 0 saturated carbocycles. The van der Waals surface area contributed by atoms with E-state index in [1.807, 2.05) is 0 Å². The van der Waals surface area contributed by atoms with E-state index in [0.717, 1.165) is 0 Å². The van der Waals surface area contributed by atoms with Crippen LogP contribution in [0.1, 0.15) is 29.8 Å². The standard InChI is InChI=1S/C18H21N3O5S/c1-3-20(4-2)27(25,26)16-11-9-14(10-12-16)18(22)19-13-15-7-5-6-8-17(15)21(23)24/h5-12H,3-4,13H2,1-2H3,(H,19,22). The average Bonchev–Trinajstić information content (AvgIpc) is 2.67. The monoisotopic (exact) mass is 391 g/mol. The van der Waals surface area contributed by atoms with Gasteiger partial charge in [-0.05, 0) is 24.3 Å². The van der Waals surface area contributed by atoms with Crippen LogP contribution in [0.25, 0.3) is 0 Å². The minimum atomic E-state index is -3.59. The fraction of sp³-hybridized carbons (Fsp3) is 0.278. The van der Waals surface area contributed by atoms with Gasteiger partial charge in [-0.1, -0.05) is 32.0 Å². The highest BCUT2D eigenvalue weighted by Gasteiger charge is 2.21. The topological polar surface area (TPSA) is 110 Å². The number of amides is 1. The molecule has 1 N–H and O–H groups in total. The second-order valence-corrected chi connectivity index (χ2v) is 7.62. The number of nitro groups is 1. The summed E-state index contributed by atoms with van der Waals surface area (Å²) in [5.74, 6) is -0.445. The molecule has 0 aliphatic rings.